The van der Waals surface area contributed by atoms with Crippen molar-refractivity contribution in [1.29, 1.82) is 0 Å². The fourth-order valence-corrected chi connectivity index (χ4v) is 2.72. The number of methoxy groups -OCH3 is 1. The molecule has 2 rings (SSSR count). The van der Waals surface area contributed by atoms with Gasteiger partial charge in [0.25, 0.3) is 0 Å². The zero-order valence-corrected chi connectivity index (χ0v) is 11.1. The second-order valence-electron chi connectivity index (χ2n) is 4.88. The Balaban J connectivity index is 2.10. The first-order valence-corrected chi connectivity index (χ1v) is 6.54. The van der Waals surface area contributed by atoms with Crippen molar-refractivity contribution in [2.75, 3.05) is 13.7 Å². The van der Waals surface area contributed by atoms with Gasteiger partial charge in [-0.25, -0.2) is 0 Å². The van der Waals surface area contributed by atoms with Crippen LogP contribution < -0.4 is 5.32 Å². The van der Waals surface area contributed by atoms with Crippen LogP contribution in [0.4, 0.5) is 0 Å². The number of hydrogen-bond donors (Lipinski definition) is 1. The Hall–Kier alpha value is -1.36. The lowest BCUT2D eigenvalue weighted by Gasteiger charge is -2.27. The van der Waals surface area contributed by atoms with E-state index < -0.39 is 5.54 Å². The number of aromatic nitrogens is 2. The molecule has 0 spiro atoms. The van der Waals surface area contributed by atoms with Gasteiger partial charge in [0.1, 0.15) is 5.54 Å². The van der Waals surface area contributed by atoms with E-state index in [0.29, 0.717) is 0 Å². The molecular formula is C13H21N3O2. The molecule has 1 saturated carbocycles. The van der Waals surface area contributed by atoms with Crippen molar-refractivity contribution in [3.05, 3.63) is 18.5 Å². The zero-order chi connectivity index (χ0) is 13.0. The summed E-state index contributed by atoms with van der Waals surface area (Å²) in [5, 5.41) is 7.64. The standard InChI is InChI=1S/C13H21N3O2/c1-3-7-14-13(12(17)18-2)6-5-11(10-13)16-9-4-8-15-16/h4,8-9,11,14H,3,5-7,10H2,1-2H3. The maximum atomic E-state index is 12.0. The Kier molecular flexibility index (Phi) is 4.01. The Labute approximate surface area is 108 Å². The minimum atomic E-state index is -0.526. The van der Waals surface area contributed by atoms with Crippen molar-refractivity contribution < 1.29 is 9.53 Å². The second-order valence-corrected chi connectivity index (χ2v) is 4.88. The first kappa shape index (κ1) is 13.1. The predicted octanol–water partition coefficient (Wildman–Crippen LogP) is 1.52. The maximum absolute atomic E-state index is 12.0. The van der Waals surface area contributed by atoms with Gasteiger partial charge in [-0.2, -0.15) is 5.10 Å². The number of carbonyl (C=O) groups is 1. The molecule has 2 atom stereocenters. The molecule has 0 amide bonds. The lowest BCUT2D eigenvalue weighted by atomic mass is 9.97. The van der Waals surface area contributed by atoms with E-state index >= 15 is 0 Å². The summed E-state index contributed by atoms with van der Waals surface area (Å²) < 4.78 is 6.91. The Morgan fingerprint density at radius 2 is 2.50 bits per heavy atom. The van der Waals surface area contributed by atoms with Crippen molar-refractivity contribution in [1.82, 2.24) is 15.1 Å². The van der Waals surface area contributed by atoms with Crippen LogP contribution >= 0.6 is 0 Å². The molecule has 0 aliphatic heterocycles. The number of hydrogen-bond acceptors (Lipinski definition) is 4. The lowest BCUT2D eigenvalue weighted by molar-refractivity contribution is -0.148. The summed E-state index contributed by atoms with van der Waals surface area (Å²) in [6.45, 7) is 2.93. The molecular weight excluding hydrogens is 230 g/mol. The van der Waals surface area contributed by atoms with Crippen LogP contribution in [-0.2, 0) is 9.53 Å². The molecule has 1 N–H and O–H groups in total. The molecule has 1 fully saturated rings. The molecule has 1 heterocycles. The van der Waals surface area contributed by atoms with Crippen LogP contribution in [0.15, 0.2) is 18.5 Å². The van der Waals surface area contributed by atoms with Gasteiger partial charge in [-0.05, 0) is 38.3 Å². The largest absolute Gasteiger partial charge is 0.468 e. The summed E-state index contributed by atoms with van der Waals surface area (Å²) in [5.41, 5.74) is -0.526. The molecule has 1 aliphatic carbocycles. The molecule has 100 valence electrons. The van der Waals surface area contributed by atoms with E-state index in [1.54, 1.807) is 6.20 Å². The molecule has 0 radical (unpaired) electrons. The Bertz CT molecular complexity index is 391. The van der Waals surface area contributed by atoms with E-state index in [4.69, 9.17) is 4.74 Å². The van der Waals surface area contributed by atoms with Crippen LogP contribution in [0.5, 0.6) is 0 Å². The molecule has 1 aromatic heterocycles. The molecule has 1 aliphatic rings. The molecule has 0 bridgehead atoms. The average Bonchev–Trinajstić information content (AvgIpc) is 3.04. The zero-order valence-electron chi connectivity index (χ0n) is 11.1. The third-order valence-corrected chi connectivity index (χ3v) is 3.68. The van der Waals surface area contributed by atoms with Crippen molar-refractivity contribution in [3.63, 3.8) is 0 Å². The molecule has 5 heteroatoms. The highest BCUT2D eigenvalue weighted by Crippen LogP contribution is 2.38. The molecule has 1 aromatic rings. The number of carbonyl (C=O) groups excluding carboxylic acids is 1. The van der Waals surface area contributed by atoms with Gasteiger partial charge in [0.05, 0.1) is 13.2 Å². The van der Waals surface area contributed by atoms with Crippen molar-refractivity contribution in [2.45, 2.75) is 44.2 Å². The Morgan fingerprint density at radius 3 is 3.11 bits per heavy atom. The monoisotopic (exact) mass is 251 g/mol. The summed E-state index contributed by atoms with van der Waals surface area (Å²) in [4.78, 5) is 12.0. The summed E-state index contributed by atoms with van der Waals surface area (Å²) >= 11 is 0. The van der Waals surface area contributed by atoms with Gasteiger partial charge in [0.15, 0.2) is 0 Å². The smallest absolute Gasteiger partial charge is 0.326 e. The van der Waals surface area contributed by atoms with E-state index in [-0.39, 0.29) is 12.0 Å². The number of rotatable bonds is 5. The van der Waals surface area contributed by atoms with Gasteiger partial charge in [-0.3, -0.25) is 9.48 Å². The Morgan fingerprint density at radius 1 is 1.67 bits per heavy atom. The van der Waals surface area contributed by atoms with Crippen LogP contribution in [0.25, 0.3) is 0 Å². The van der Waals surface area contributed by atoms with Gasteiger partial charge in [-0.15, -0.1) is 0 Å². The molecule has 5 nitrogen and oxygen atoms in total. The highest BCUT2D eigenvalue weighted by molar-refractivity contribution is 5.81. The summed E-state index contributed by atoms with van der Waals surface area (Å²) in [6, 6.07) is 2.20. The highest BCUT2D eigenvalue weighted by Gasteiger charge is 2.46. The van der Waals surface area contributed by atoms with Crippen LogP contribution in [0, 0.1) is 0 Å². The van der Waals surface area contributed by atoms with Crippen LogP contribution in [-0.4, -0.2) is 34.9 Å². The van der Waals surface area contributed by atoms with Crippen molar-refractivity contribution >= 4 is 5.97 Å². The predicted molar refractivity (Wildman–Crippen MR) is 68.2 cm³/mol. The van der Waals surface area contributed by atoms with Crippen LogP contribution in [0.1, 0.15) is 38.6 Å². The third kappa shape index (κ3) is 2.41. The number of esters is 1. The van der Waals surface area contributed by atoms with Gasteiger partial charge < -0.3 is 10.1 Å². The van der Waals surface area contributed by atoms with E-state index in [0.717, 1.165) is 32.2 Å². The quantitative estimate of drug-likeness (QED) is 0.806. The highest BCUT2D eigenvalue weighted by atomic mass is 16.5. The molecule has 0 aromatic carbocycles. The van der Waals surface area contributed by atoms with E-state index in [2.05, 4.69) is 17.3 Å². The van der Waals surface area contributed by atoms with Crippen molar-refractivity contribution in [2.24, 2.45) is 0 Å². The first-order valence-electron chi connectivity index (χ1n) is 6.54. The minimum Gasteiger partial charge on any atom is -0.468 e. The van der Waals surface area contributed by atoms with E-state index in [9.17, 15) is 4.79 Å². The van der Waals surface area contributed by atoms with Gasteiger partial charge in [0.2, 0.25) is 0 Å². The SMILES string of the molecule is CCCNC1(C(=O)OC)CCC(n2cccn2)C1. The normalized spacial score (nSPS) is 27.3. The average molecular weight is 251 g/mol. The molecule has 2 unspecified atom stereocenters. The second kappa shape index (κ2) is 5.52. The fourth-order valence-electron chi connectivity index (χ4n) is 2.72. The fraction of sp³-hybridized carbons (Fsp3) is 0.692. The summed E-state index contributed by atoms with van der Waals surface area (Å²) in [7, 11) is 1.46. The van der Waals surface area contributed by atoms with Gasteiger partial charge in [0, 0.05) is 12.4 Å². The molecule has 0 saturated heterocycles. The topological polar surface area (TPSA) is 56.1 Å². The van der Waals surface area contributed by atoms with Crippen LogP contribution in [0.3, 0.4) is 0 Å². The number of ether oxygens (including phenoxy) is 1. The van der Waals surface area contributed by atoms with Gasteiger partial charge >= 0.3 is 5.97 Å². The maximum Gasteiger partial charge on any atom is 0.326 e. The third-order valence-electron chi connectivity index (χ3n) is 3.68. The van der Waals surface area contributed by atoms with E-state index in [1.807, 2.05) is 16.9 Å². The summed E-state index contributed by atoms with van der Waals surface area (Å²) in [6.07, 6.45) is 7.25. The lowest BCUT2D eigenvalue weighted by Crippen LogP contribution is -2.51. The van der Waals surface area contributed by atoms with Crippen LogP contribution in [0.2, 0.25) is 0 Å². The number of nitrogens with zero attached hydrogens (tertiary/aromatic N) is 2. The molecule has 18 heavy (non-hydrogen) atoms. The first-order chi connectivity index (χ1) is 8.72. The van der Waals surface area contributed by atoms with Crippen molar-refractivity contribution in [3.8, 4) is 0 Å². The summed E-state index contributed by atoms with van der Waals surface area (Å²) in [5.74, 6) is -0.148. The minimum absolute atomic E-state index is 0.148. The number of nitrogens with one attached hydrogen (secondary N) is 1. The van der Waals surface area contributed by atoms with Gasteiger partial charge in [-0.1, -0.05) is 6.92 Å². The van der Waals surface area contributed by atoms with E-state index in [1.165, 1.54) is 7.11 Å².